The fourth-order valence-corrected chi connectivity index (χ4v) is 2.18. The third kappa shape index (κ3) is 2.03. The molecule has 0 amide bonds. The first kappa shape index (κ1) is 12.0. The number of nitrogens with zero attached hydrogens (tertiary/aromatic N) is 1. The van der Waals surface area contributed by atoms with E-state index in [4.69, 9.17) is 5.73 Å². The number of benzene rings is 1. The zero-order valence-electron chi connectivity index (χ0n) is 10.9. The van der Waals surface area contributed by atoms with Gasteiger partial charge in [0.2, 0.25) is 0 Å². The zero-order chi connectivity index (χ0) is 12.8. The normalized spacial score (nSPS) is 12.6. The van der Waals surface area contributed by atoms with Gasteiger partial charge in [-0.2, -0.15) is 0 Å². The van der Waals surface area contributed by atoms with Crippen molar-refractivity contribution in [2.24, 2.45) is 5.73 Å². The van der Waals surface area contributed by atoms with Gasteiger partial charge in [0.15, 0.2) is 0 Å². The van der Waals surface area contributed by atoms with E-state index in [2.05, 4.69) is 24.6 Å². The van der Waals surface area contributed by atoms with Crippen molar-refractivity contribution in [3.63, 3.8) is 0 Å². The van der Waals surface area contributed by atoms with E-state index in [-0.39, 0.29) is 5.75 Å². The highest BCUT2D eigenvalue weighted by molar-refractivity contribution is 5.86. The van der Waals surface area contributed by atoms with Crippen molar-refractivity contribution in [1.29, 1.82) is 0 Å². The lowest BCUT2D eigenvalue weighted by molar-refractivity contribution is 0.476. The van der Waals surface area contributed by atoms with Crippen molar-refractivity contribution in [3.8, 4) is 5.75 Å². The lowest BCUT2D eigenvalue weighted by Gasteiger charge is -2.17. The second-order valence-electron chi connectivity index (χ2n) is 5.47. The molecule has 0 radical (unpaired) electrons. The van der Waals surface area contributed by atoms with Gasteiger partial charge in [-0.1, -0.05) is 0 Å². The number of aromatic nitrogens is 1. The summed E-state index contributed by atoms with van der Waals surface area (Å²) in [6, 6.07) is 5.82. The average molecular weight is 232 g/mol. The summed E-state index contributed by atoms with van der Waals surface area (Å²) in [5.41, 5.74) is 7.96. The molecular weight excluding hydrogens is 212 g/mol. The van der Waals surface area contributed by atoms with Crippen molar-refractivity contribution in [2.75, 3.05) is 0 Å². The summed E-state index contributed by atoms with van der Waals surface area (Å²) in [6.45, 7) is 8.24. The van der Waals surface area contributed by atoms with Gasteiger partial charge in [-0.05, 0) is 51.5 Å². The van der Waals surface area contributed by atoms with Gasteiger partial charge in [-0.3, -0.25) is 0 Å². The first-order valence-electron chi connectivity index (χ1n) is 5.93. The van der Waals surface area contributed by atoms with Gasteiger partial charge in [-0.25, -0.2) is 0 Å². The number of fused-ring (bicyclic) bond motifs is 1. The molecule has 0 aliphatic rings. The van der Waals surface area contributed by atoms with E-state index in [1.807, 2.05) is 19.9 Å². The summed E-state index contributed by atoms with van der Waals surface area (Å²) in [4.78, 5) is 0. The summed E-state index contributed by atoms with van der Waals surface area (Å²) in [7, 11) is 0. The molecule has 1 heterocycles. The zero-order valence-corrected chi connectivity index (χ0v) is 10.9. The van der Waals surface area contributed by atoms with Crippen LogP contribution in [-0.2, 0) is 5.54 Å². The smallest absolute Gasteiger partial charge is 0.116 e. The van der Waals surface area contributed by atoms with Gasteiger partial charge in [0.05, 0.1) is 0 Å². The van der Waals surface area contributed by atoms with Crippen LogP contribution in [0.4, 0.5) is 0 Å². The summed E-state index contributed by atoms with van der Waals surface area (Å²) < 4.78 is 2.19. The van der Waals surface area contributed by atoms with Crippen molar-refractivity contribution in [3.05, 3.63) is 30.0 Å². The minimum absolute atomic E-state index is 0.282. The molecule has 2 aromatic rings. The summed E-state index contributed by atoms with van der Waals surface area (Å²) in [5.74, 6) is 0.282. The molecule has 0 saturated carbocycles. The molecule has 0 atom stereocenters. The molecule has 0 fully saturated rings. The Labute approximate surface area is 102 Å². The van der Waals surface area contributed by atoms with E-state index >= 15 is 0 Å². The lowest BCUT2D eigenvalue weighted by Crippen LogP contribution is -2.28. The van der Waals surface area contributed by atoms with Crippen molar-refractivity contribution >= 4 is 10.9 Å². The molecule has 17 heavy (non-hydrogen) atoms. The first-order chi connectivity index (χ1) is 7.80. The van der Waals surface area contributed by atoms with E-state index in [9.17, 15) is 5.11 Å². The van der Waals surface area contributed by atoms with Gasteiger partial charge in [0.1, 0.15) is 5.75 Å². The molecule has 0 aliphatic heterocycles. The van der Waals surface area contributed by atoms with Gasteiger partial charge < -0.3 is 15.4 Å². The van der Waals surface area contributed by atoms with Gasteiger partial charge >= 0.3 is 0 Å². The largest absolute Gasteiger partial charge is 0.508 e. The highest BCUT2D eigenvalue weighted by Gasteiger charge is 2.21. The highest BCUT2D eigenvalue weighted by Crippen LogP contribution is 2.32. The molecule has 2 rings (SSSR count). The molecule has 3 heteroatoms. The maximum Gasteiger partial charge on any atom is 0.116 e. The molecule has 92 valence electrons. The molecule has 3 N–H and O–H groups in total. The summed E-state index contributed by atoms with van der Waals surface area (Å²) in [5, 5.41) is 10.7. The predicted octanol–water partition coefficient (Wildman–Crippen LogP) is 3.12. The number of aromatic hydroxyl groups is 1. The Hall–Kier alpha value is -1.48. The van der Waals surface area contributed by atoms with E-state index in [1.54, 1.807) is 12.1 Å². The van der Waals surface area contributed by atoms with Crippen molar-refractivity contribution in [2.45, 2.75) is 39.3 Å². The molecule has 1 aromatic heterocycles. The average Bonchev–Trinajstić information content (AvgIpc) is 2.55. The number of phenols is 1. The van der Waals surface area contributed by atoms with Crippen LogP contribution >= 0.6 is 0 Å². The monoisotopic (exact) mass is 232 g/mol. The molecule has 1 aromatic carbocycles. The number of hydrogen-bond donors (Lipinski definition) is 2. The Morgan fingerprint density at radius 2 is 1.94 bits per heavy atom. The van der Waals surface area contributed by atoms with Gasteiger partial charge in [-0.15, -0.1) is 0 Å². The summed E-state index contributed by atoms with van der Waals surface area (Å²) >= 11 is 0. The van der Waals surface area contributed by atoms with Crippen LogP contribution in [0.1, 0.15) is 39.3 Å². The van der Waals surface area contributed by atoms with Gasteiger partial charge in [0, 0.05) is 28.7 Å². The molecule has 0 aliphatic carbocycles. The van der Waals surface area contributed by atoms with Crippen LogP contribution in [0, 0.1) is 0 Å². The number of rotatable bonds is 2. The third-order valence-electron chi connectivity index (χ3n) is 3.07. The van der Waals surface area contributed by atoms with Crippen LogP contribution in [-0.4, -0.2) is 9.67 Å². The Kier molecular flexibility index (Phi) is 2.66. The van der Waals surface area contributed by atoms with Crippen LogP contribution in [0.2, 0.25) is 0 Å². The van der Waals surface area contributed by atoms with Crippen LogP contribution < -0.4 is 5.73 Å². The highest BCUT2D eigenvalue weighted by atomic mass is 16.3. The third-order valence-corrected chi connectivity index (χ3v) is 3.07. The Morgan fingerprint density at radius 3 is 2.47 bits per heavy atom. The number of phenolic OH excluding ortho intramolecular Hbond substituents is 1. The fraction of sp³-hybridized carbons (Fsp3) is 0.429. The topological polar surface area (TPSA) is 51.2 Å². The van der Waals surface area contributed by atoms with Crippen molar-refractivity contribution in [1.82, 2.24) is 4.57 Å². The Morgan fingerprint density at radius 1 is 1.29 bits per heavy atom. The van der Waals surface area contributed by atoms with Crippen LogP contribution in [0.15, 0.2) is 24.4 Å². The molecule has 0 spiro atoms. The predicted molar refractivity (Wildman–Crippen MR) is 71.2 cm³/mol. The molecule has 0 unspecified atom stereocenters. The fourth-order valence-electron chi connectivity index (χ4n) is 2.18. The molecular formula is C14H20N2O. The SMILES string of the molecule is CC(C)n1cc(C(C)(C)N)c2cc(O)ccc21. The second-order valence-corrected chi connectivity index (χ2v) is 5.47. The molecule has 0 bridgehead atoms. The summed E-state index contributed by atoms with van der Waals surface area (Å²) in [6.07, 6.45) is 2.09. The molecule has 0 saturated heterocycles. The van der Waals surface area contributed by atoms with Crippen LogP contribution in [0.5, 0.6) is 5.75 Å². The Balaban J connectivity index is 2.80. The van der Waals surface area contributed by atoms with Crippen LogP contribution in [0.3, 0.4) is 0 Å². The maximum atomic E-state index is 9.62. The minimum Gasteiger partial charge on any atom is -0.508 e. The van der Waals surface area contributed by atoms with E-state index in [0.29, 0.717) is 6.04 Å². The number of nitrogens with two attached hydrogens (primary N) is 1. The van der Waals surface area contributed by atoms with Crippen molar-refractivity contribution < 1.29 is 5.11 Å². The first-order valence-corrected chi connectivity index (χ1v) is 5.93. The Bertz CT molecular complexity index is 547. The maximum absolute atomic E-state index is 9.62. The van der Waals surface area contributed by atoms with Gasteiger partial charge in [0.25, 0.3) is 0 Å². The number of hydrogen-bond acceptors (Lipinski definition) is 2. The van der Waals surface area contributed by atoms with Crippen LogP contribution in [0.25, 0.3) is 10.9 Å². The van der Waals surface area contributed by atoms with E-state index in [0.717, 1.165) is 16.5 Å². The standard InChI is InChI=1S/C14H20N2O/c1-9(2)16-8-12(14(3,4)15)11-7-10(17)5-6-13(11)16/h5-9,17H,15H2,1-4H3. The minimum atomic E-state index is -0.411. The van der Waals surface area contributed by atoms with E-state index in [1.165, 1.54) is 0 Å². The molecule has 3 nitrogen and oxygen atoms in total. The second kappa shape index (κ2) is 3.77. The van der Waals surface area contributed by atoms with E-state index < -0.39 is 5.54 Å². The quantitative estimate of drug-likeness (QED) is 0.835. The lowest BCUT2D eigenvalue weighted by atomic mass is 9.95.